The lowest BCUT2D eigenvalue weighted by Crippen LogP contribution is -2.20. The Balaban J connectivity index is 2.11. The normalized spacial score (nSPS) is 18.4. The number of hydrogen-bond donors (Lipinski definition) is 0. The van der Waals surface area contributed by atoms with Crippen molar-refractivity contribution in [2.45, 2.75) is 32.1 Å². The van der Waals surface area contributed by atoms with E-state index in [-0.39, 0.29) is 11.7 Å². The Hall–Kier alpha value is -1.12. The molecule has 0 N–H and O–H groups in total. The van der Waals surface area contributed by atoms with Gasteiger partial charge < -0.3 is 4.57 Å². The van der Waals surface area contributed by atoms with Crippen molar-refractivity contribution < 1.29 is 4.79 Å². The second-order valence-corrected chi connectivity index (χ2v) is 4.06. The van der Waals surface area contributed by atoms with Crippen molar-refractivity contribution in [2.24, 2.45) is 13.0 Å². The predicted molar refractivity (Wildman–Crippen MR) is 54.1 cm³/mol. The number of carbonyl (C=O) groups excluding carboxylic acids is 1. The van der Waals surface area contributed by atoms with Gasteiger partial charge in [0.15, 0.2) is 5.82 Å². The molecule has 1 aromatic rings. The molecule has 3 nitrogen and oxygen atoms in total. The first kappa shape index (κ1) is 9.44. The van der Waals surface area contributed by atoms with Gasteiger partial charge >= 0.3 is 0 Å². The van der Waals surface area contributed by atoms with Crippen molar-refractivity contribution in [1.29, 1.82) is 0 Å². The van der Waals surface area contributed by atoms with E-state index in [0.29, 0.717) is 5.82 Å². The minimum absolute atomic E-state index is 0.227. The van der Waals surface area contributed by atoms with Gasteiger partial charge in [0.1, 0.15) is 0 Å². The summed E-state index contributed by atoms with van der Waals surface area (Å²) in [6, 6.07) is 0. The standard InChI is InChI=1S/C11H16N2O/c1-13-8-7-12-11(13)10(14)9-5-3-2-4-6-9/h7-9H,2-6H2,1H3. The maximum atomic E-state index is 12.0. The molecule has 0 amide bonds. The second-order valence-electron chi connectivity index (χ2n) is 4.06. The zero-order valence-electron chi connectivity index (χ0n) is 8.57. The monoisotopic (exact) mass is 192 g/mol. The Morgan fingerprint density at radius 1 is 1.43 bits per heavy atom. The molecule has 76 valence electrons. The lowest BCUT2D eigenvalue weighted by molar-refractivity contribution is 0.0875. The van der Waals surface area contributed by atoms with E-state index in [1.54, 1.807) is 6.20 Å². The molecule has 3 heteroatoms. The molecule has 1 aliphatic carbocycles. The van der Waals surface area contributed by atoms with Crippen LogP contribution in [-0.4, -0.2) is 15.3 Å². The first-order valence-corrected chi connectivity index (χ1v) is 5.30. The number of hydrogen-bond acceptors (Lipinski definition) is 2. The summed E-state index contributed by atoms with van der Waals surface area (Å²) in [5.74, 6) is 1.08. The third kappa shape index (κ3) is 1.72. The van der Waals surface area contributed by atoms with Crippen LogP contribution < -0.4 is 0 Å². The molecule has 0 bridgehead atoms. The van der Waals surface area contributed by atoms with Crippen molar-refractivity contribution in [3.8, 4) is 0 Å². The van der Waals surface area contributed by atoms with Gasteiger partial charge in [0, 0.05) is 25.4 Å². The van der Waals surface area contributed by atoms with Gasteiger partial charge in [-0.05, 0) is 12.8 Å². The first-order chi connectivity index (χ1) is 6.79. The van der Waals surface area contributed by atoms with Crippen molar-refractivity contribution in [3.05, 3.63) is 18.2 Å². The van der Waals surface area contributed by atoms with Crippen LogP contribution in [0.5, 0.6) is 0 Å². The summed E-state index contributed by atoms with van der Waals surface area (Å²) < 4.78 is 1.82. The van der Waals surface area contributed by atoms with Crippen LogP contribution in [0, 0.1) is 5.92 Å². The van der Waals surface area contributed by atoms with Crippen molar-refractivity contribution in [3.63, 3.8) is 0 Å². The number of ketones is 1. The molecule has 0 aliphatic heterocycles. The number of rotatable bonds is 2. The van der Waals surface area contributed by atoms with Crippen LogP contribution in [0.15, 0.2) is 12.4 Å². The fourth-order valence-electron chi connectivity index (χ4n) is 2.15. The molecule has 0 aromatic carbocycles. The van der Waals surface area contributed by atoms with Gasteiger partial charge in [0.05, 0.1) is 0 Å². The molecule has 0 unspecified atom stereocenters. The molecular formula is C11H16N2O. The second kappa shape index (κ2) is 3.95. The number of aryl methyl sites for hydroxylation is 1. The predicted octanol–water partition coefficient (Wildman–Crippen LogP) is 2.18. The smallest absolute Gasteiger partial charge is 0.201 e. The summed E-state index contributed by atoms with van der Waals surface area (Å²) in [6.45, 7) is 0. The van der Waals surface area contributed by atoms with E-state index >= 15 is 0 Å². The minimum Gasteiger partial charge on any atom is -0.332 e. The average Bonchev–Trinajstić information content (AvgIpc) is 2.65. The Kier molecular flexibility index (Phi) is 2.66. The minimum atomic E-state index is 0.227. The zero-order valence-corrected chi connectivity index (χ0v) is 8.57. The summed E-state index contributed by atoms with van der Waals surface area (Å²) in [7, 11) is 1.88. The summed E-state index contributed by atoms with van der Waals surface area (Å²) >= 11 is 0. The van der Waals surface area contributed by atoms with E-state index < -0.39 is 0 Å². The van der Waals surface area contributed by atoms with Gasteiger partial charge in [-0.25, -0.2) is 4.98 Å². The molecular weight excluding hydrogens is 176 g/mol. The van der Waals surface area contributed by atoms with Gasteiger partial charge in [-0.2, -0.15) is 0 Å². The van der Waals surface area contributed by atoms with Crippen LogP contribution in [0.2, 0.25) is 0 Å². The van der Waals surface area contributed by atoms with Crippen LogP contribution in [0.4, 0.5) is 0 Å². The maximum absolute atomic E-state index is 12.0. The zero-order chi connectivity index (χ0) is 9.97. The molecule has 14 heavy (non-hydrogen) atoms. The quantitative estimate of drug-likeness (QED) is 0.673. The van der Waals surface area contributed by atoms with Gasteiger partial charge in [-0.3, -0.25) is 4.79 Å². The molecule has 2 rings (SSSR count). The van der Waals surface area contributed by atoms with E-state index in [4.69, 9.17) is 0 Å². The summed E-state index contributed by atoms with van der Waals surface area (Å²) in [5.41, 5.74) is 0. The Morgan fingerprint density at radius 2 is 2.14 bits per heavy atom. The van der Waals surface area contributed by atoms with Gasteiger partial charge in [-0.1, -0.05) is 19.3 Å². The van der Waals surface area contributed by atoms with E-state index in [2.05, 4.69) is 4.98 Å². The number of Topliss-reactive ketones (excluding diaryl/α,β-unsaturated/α-hetero) is 1. The Labute approximate surface area is 84.1 Å². The van der Waals surface area contributed by atoms with E-state index in [9.17, 15) is 4.79 Å². The number of imidazole rings is 1. The van der Waals surface area contributed by atoms with Crippen LogP contribution in [0.1, 0.15) is 42.7 Å². The lowest BCUT2D eigenvalue weighted by atomic mass is 9.86. The average molecular weight is 192 g/mol. The summed E-state index contributed by atoms with van der Waals surface area (Å²) in [4.78, 5) is 16.1. The number of nitrogens with zero attached hydrogens (tertiary/aromatic N) is 2. The molecule has 0 radical (unpaired) electrons. The SMILES string of the molecule is Cn1ccnc1C(=O)C1CCCCC1. The molecule has 1 aromatic heterocycles. The van der Waals surface area contributed by atoms with Crippen LogP contribution in [0.3, 0.4) is 0 Å². The molecule has 1 fully saturated rings. The number of carbonyl (C=O) groups is 1. The largest absolute Gasteiger partial charge is 0.332 e. The van der Waals surface area contributed by atoms with Crippen LogP contribution in [-0.2, 0) is 7.05 Å². The highest BCUT2D eigenvalue weighted by atomic mass is 16.1. The van der Waals surface area contributed by atoms with Crippen molar-refractivity contribution in [2.75, 3.05) is 0 Å². The van der Waals surface area contributed by atoms with E-state index in [0.717, 1.165) is 12.8 Å². The highest BCUT2D eigenvalue weighted by molar-refractivity contribution is 5.94. The highest BCUT2D eigenvalue weighted by Crippen LogP contribution is 2.26. The van der Waals surface area contributed by atoms with E-state index in [1.807, 2.05) is 17.8 Å². The first-order valence-electron chi connectivity index (χ1n) is 5.30. The van der Waals surface area contributed by atoms with Crippen LogP contribution in [0.25, 0.3) is 0 Å². The van der Waals surface area contributed by atoms with Crippen LogP contribution >= 0.6 is 0 Å². The maximum Gasteiger partial charge on any atom is 0.201 e. The Bertz CT molecular complexity index is 324. The van der Waals surface area contributed by atoms with Gasteiger partial charge in [0.2, 0.25) is 5.78 Å². The topological polar surface area (TPSA) is 34.9 Å². The molecule has 1 saturated carbocycles. The summed E-state index contributed by atoms with van der Waals surface area (Å²) in [5, 5.41) is 0. The van der Waals surface area contributed by atoms with Gasteiger partial charge in [-0.15, -0.1) is 0 Å². The Morgan fingerprint density at radius 3 is 2.71 bits per heavy atom. The fourth-order valence-corrected chi connectivity index (χ4v) is 2.15. The number of aromatic nitrogens is 2. The third-order valence-electron chi connectivity index (χ3n) is 3.02. The highest BCUT2D eigenvalue weighted by Gasteiger charge is 2.24. The van der Waals surface area contributed by atoms with Crippen molar-refractivity contribution >= 4 is 5.78 Å². The fraction of sp³-hybridized carbons (Fsp3) is 0.636. The molecule has 1 heterocycles. The molecule has 1 aliphatic rings. The van der Waals surface area contributed by atoms with E-state index in [1.165, 1.54) is 19.3 Å². The van der Waals surface area contributed by atoms with Gasteiger partial charge in [0.25, 0.3) is 0 Å². The van der Waals surface area contributed by atoms with Crippen molar-refractivity contribution in [1.82, 2.24) is 9.55 Å². The third-order valence-corrected chi connectivity index (χ3v) is 3.02. The molecule has 0 spiro atoms. The lowest BCUT2D eigenvalue weighted by Gasteiger charge is -2.19. The summed E-state index contributed by atoms with van der Waals surface area (Å²) in [6.07, 6.45) is 9.29. The molecule has 0 saturated heterocycles. The molecule has 0 atom stereocenters.